The Morgan fingerprint density at radius 2 is 2.35 bits per heavy atom. The highest BCUT2D eigenvalue weighted by atomic mass is 35.5. The fraction of sp³-hybridized carbons (Fsp3) is 0.571. The van der Waals surface area contributed by atoms with Crippen molar-refractivity contribution >= 4 is 23.4 Å². The summed E-state index contributed by atoms with van der Waals surface area (Å²) in [5.74, 6) is 1.09. The zero-order valence-electron chi connectivity index (χ0n) is 12.8. The maximum Gasteiger partial charge on any atom is 0.229 e. The first-order valence-corrected chi connectivity index (χ1v) is 8.03. The minimum Gasteiger partial charge on any atom is -0.373 e. The minimum atomic E-state index is 0.0567. The molecule has 3 aliphatic rings. The van der Waals surface area contributed by atoms with Crippen LogP contribution in [0.5, 0.6) is 0 Å². The van der Waals surface area contributed by atoms with E-state index in [9.17, 15) is 0 Å². The van der Waals surface area contributed by atoms with Gasteiger partial charge in [-0.2, -0.15) is 4.98 Å². The summed E-state index contributed by atoms with van der Waals surface area (Å²) in [7, 11) is 1.93. The van der Waals surface area contributed by atoms with Crippen molar-refractivity contribution < 1.29 is 9.47 Å². The van der Waals surface area contributed by atoms with Gasteiger partial charge < -0.3 is 25.1 Å². The van der Waals surface area contributed by atoms with Gasteiger partial charge in [-0.25, -0.2) is 10.4 Å². The van der Waals surface area contributed by atoms with Crippen molar-refractivity contribution in [1.82, 2.24) is 20.4 Å². The standard InChI is InChI=1S/C14H19ClN6O2/c1-21-6-8(4-17-21)18-14-16-5-9(15)13(20-14)19-10-7-23-11-2-3-22-12(10)11/h5-6,10-12,17H,2-4,7H2,1H3,(H2,16,18,19,20)/t10-,11?,12?/m1/s1. The van der Waals surface area contributed by atoms with Crippen LogP contribution in [-0.2, 0) is 9.47 Å². The number of hydrazine groups is 1. The Balaban J connectivity index is 1.47. The molecule has 8 nitrogen and oxygen atoms in total. The van der Waals surface area contributed by atoms with Gasteiger partial charge in [-0.15, -0.1) is 0 Å². The fourth-order valence-electron chi connectivity index (χ4n) is 3.05. The van der Waals surface area contributed by atoms with Crippen molar-refractivity contribution in [1.29, 1.82) is 0 Å². The van der Waals surface area contributed by atoms with Gasteiger partial charge >= 0.3 is 0 Å². The van der Waals surface area contributed by atoms with Crippen molar-refractivity contribution in [3.05, 3.63) is 23.1 Å². The Labute approximate surface area is 139 Å². The van der Waals surface area contributed by atoms with E-state index >= 15 is 0 Å². The van der Waals surface area contributed by atoms with Gasteiger partial charge in [-0.1, -0.05) is 11.6 Å². The molecule has 0 spiro atoms. The lowest BCUT2D eigenvalue weighted by Gasteiger charge is -2.19. The van der Waals surface area contributed by atoms with Gasteiger partial charge in [0.25, 0.3) is 0 Å². The number of anilines is 2. The summed E-state index contributed by atoms with van der Waals surface area (Å²) in [6, 6.07) is 0.0567. The Bertz CT molecular complexity index is 627. The molecule has 2 fully saturated rings. The number of fused-ring (bicyclic) bond motifs is 1. The van der Waals surface area contributed by atoms with Crippen molar-refractivity contribution in [3.63, 3.8) is 0 Å². The molecule has 124 valence electrons. The van der Waals surface area contributed by atoms with E-state index in [2.05, 4.69) is 26.0 Å². The zero-order valence-corrected chi connectivity index (χ0v) is 13.5. The molecule has 3 aliphatic heterocycles. The topological polar surface area (TPSA) is 83.6 Å². The summed E-state index contributed by atoms with van der Waals surface area (Å²) < 4.78 is 11.5. The number of hydrogen-bond donors (Lipinski definition) is 3. The maximum atomic E-state index is 6.23. The molecule has 2 unspecified atom stereocenters. The summed E-state index contributed by atoms with van der Waals surface area (Å²) in [5, 5.41) is 8.88. The number of nitrogens with one attached hydrogen (secondary N) is 3. The summed E-state index contributed by atoms with van der Waals surface area (Å²) in [5.41, 5.74) is 4.14. The van der Waals surface area contributed by atoms with Gasteiger partial charge in [0.1, 0.15) is 11.1 Å². The lowest BCUT2D eigenvalue weighted by molar-refractivity contribution is 0.0718. The van der Waals surface area contributed by atoms with Crippen molar-refractivity contribution in [2.24, 2.45) is 0 Å². The molecule has 23 heavy (non-hydrogen) atoms. The van der Waals surface area contributed by atoms with Crippen LogP contribution in [0, 0.1) is 0 Å². The average molecular weight is 339 g/mol. The molecular formula is C14H19ClN6O2. The second kappa shape index (κ2) is 6.12. The van der Waals surface area contributed by atoms with Crippen LogP contribution in [-0.4, -0.2) is 60.0 Å². The number of nitrogens with zero attached hydrogens (tertiary/aromatic N) is 3. The number of rotatable bonds is 4. The summed E-state index contributed by atoms with van der Waals surface area (Å²) in [6.45, 7) is 2.05. The van der Waals surface area contributed by atoms with E-state index in [1.165, 1.54) is 0 Å². The van der Waals surface area contributed by atoms with E-state index in [1.54, 1.807) is 6.20 Å². The van der Waals surface area contributed by atoms with Crippen LogP contribution < -0.4 is 16.1 Å². The molecule has 4 rings (SSSR count). The number of hydrogen-bond acceptors (Lipinski definition) is 8. The lowest BCUT2D eigenvalue weighted by atomic mass is 10.1. The molecule has 0 radical (unpaired) electrons. The molecule has 3 N–H and O–H groups in total. The van der Waals surface area contributed by atoms with Crippen molar-refractivity contribution in [2.75, 3.05) is 37.4 Å². The first-order valence-electron chi connectivity index (χ1n) is 7.65. The molecule has 0 saturated carbocycles. The Morgan fingerprint density at radius 1 is 1.43 bits per heavy atom. The largest absolute Gasteiger partial charge is 0.373 e. The van der Waals surface area contributed by atoms with E-state index in [4.69, 9.17) is 21.1 Å². The van der Waals surface area contributed by atoms with Gasteiger partial charge in [0.05, 0.1) is 37.2 Å². The monoisotopic (exact) mass is 338 g/mol. The first kappa shape index (κ1) is 14.9. The molecule has 1 aromatic rings. The van der Waals surface area contributed by atoms with E-state index in [0.717, 1.165) is 18.7 Å². The van der Waals surface area contributed by atoms with Gasteiger partial charge in [0.2, 0.25) is 5.95 Å². The summed E-state index contributed by atoms with van der Waals surface area (Å²) in [6.07, 6.45) is 4.73. The van der Waals surface area contributed by atoms with Crippen LogP contribution in [0.1, 0.15) is 6.42 Å². The molecule has 0 aromatic carbocycles. The van der Waals surface area contributed by atoms with Crippen LogP contribution in [0.25, 0.3) is 0 Å². The smallest absolute Gasteiger partial charge is 0.229 e. The predicted molar refractivity (Wildman–Crippen MR) is 86.0 cm³/mol. The van der Waals surface area contributed by atoms with E-state index < -0.39 is 0 Å². The Kier molecular flexibility index (Phi) is 3.98. The third-order valence-electron chi connectivity index (χ3n) is 4.17. The maximum absolute atomic E-state index is 6.23. The second-order valence-corrected chi connectivity index (χ2v) is 6.27. The van der Waals surface area contributed by atoms with E-state index in [0.29, 0.717) is 29.9 Å². The van der Waals surface area contributed by atoms with Gasteiger partial charge in [-0.3, -0.25) is 0 Å². The van der Waals surface area contributed by atoms with E-state index in [1.807, 2.05) is 18.3 Å². The predicted octanol–water partition coefficient (Wildman–Crippen LogP) is 0.801. The van der Waals surface area contributed by atoms with Gasteiger partial charge in [0, 0.05) is 19.9 Å². The van der Waals surface area contributed by atoms with Crippen LogP contribution in [0.3, 0.4) is 0 Å². The summed E-state index contributed by atoms with van der Waals surface area (Å²) >= 11 is 6.23. The van der Waals surface area contributed by atoms with Crippen LogP contribution >= 0.6 is 11.6 Å². The summed E-state index contributed by atoms with van der Waals surface area (Å²) in [4.78, 5) is 8.70. The molecule has 0 bridgehead atoms. The Morgan fingerprint density at radius 3 is 3.17 bits per heavy atom. The molecule has 0 amide bonds. The van der Waals surface area contributed by atoms with E-state index in [-0.39, 0.29) is 18.2 Å². The third-order valence-corrected chi connectivity index (χ3v) is 4.45. The second-order valence-electron chi connectivity index (χ2n) is 5.86. The zero-order chi connectivity index (χ0) is 15.8. The molecule has 9 heteroatoms. The van der Waals surface area contributed by atoms with Gasteiger partial charge in [0.15, 0.2) is 5.82 Å². The molecular weight excluding hydrogens is 320 g/mol. The molecule has 4 heterocycles. The minimum absolute atomic E-state index is 0.0567. The highest BCUT2D eigenvalue weighted by Crippen LogP contribution is 2.30. The number of ether oxygens (including phenoxy) is 2. The van der Waals surface area contributed by atoms with Crippen LogP contribution in [0.2, 0.25) is 5.02 Å². The number of aromatic nitrogens is 2. The van der Waals surface area contributed by atoms with Crippen molar-refractivity contribution in [2.45, 2.75) is 24.7 Å². The third kappa shape index (κ3) is 3.07. The van der Waals surface area contributed by atoms with Crippen molar-refractivity contribution in [3.8, 4) is 0 Å². The quantitative estimate of drug-likeness (QED) is 0.743. The lowest BCUT2D eigenvalue weighted by Crippen LogP contribution is -2.34. The highest BCUT2D eigenvalue weighted by Gasteiger charge is 2.42. The molecule has 3 atom stereocenters. The van der Waals surface area contributed by atoms with Crippen LogP contribution in [0.15, 0.2) is 18.1 Å². The van der Waals surface area contributed by atoms with Crippen LogP contribution in [0.4, 0.5) is 11.8 Å². The SMILES string of the molecule is CN1C=C(Nc2ncc(Cl)c(N[C@@H]3COC4CCOC43)n2)CN1. The molecule has 2 saturated heterocycles. The normalized spacial score (nSPS) is 29.6. The van der Waals surface area contributed by atoms with Gasteiger partial charge in [-0.05, 0) is 6.42 Å². The Hall–Kier alpha value is -1.61. The number of halogens is 1. The highest BCUT2D eigenvalue weighted by molar-refractivity contribution is 6.32. The molecule has 1 aromatic heterocycles. The fourth-order valence-corrected chi connectivity index (χ4v) is 3.20. The molecule has 0 aliphatic carbocycles. The first-order chi connectivity index (χ1) is 11.2. The average Bonchev–Trinajstić information content (AvgIpc) is 3.22.